The Morgan fingerprint density at radius 1 is 1.35 bits per heavy atom. The zero-order valence-electron chi connectivity index (χ0n) is 10.7. The van der Waals surface area contributed by atoms with Gasteiger partial charge in [-0.05, 0) is 37.5 Å². The number of rotatable bonds is 6. The number of hydrogen-bond donors (Lipinski definition) is 1. The first-order chi connectivity index (χ1) is 8.20. The Kier molecular flexibility index (Phi) is 4.02. The van der Waals surface area contributed by atoms with Crippen LogP contribution in [0.15, 0.2) is 24.3 Å². The van der Waals surface area contributed by atoms with Crippen LogP contribution >= 0.6 is 0 Å². The molecular weight excluding hydrogens is 212 g/mol. The molecule has 17 heavy (non-hydrogen) atoms. The molecule has 0 aliphatic heterocycles. The molecule has 1 unspecified atom stereocenters. The molecule has 1 atom stereocenters. The molecule has 0 aromatic heterocycles. The molecule has 3 heteroatoms. The summed E-state index contributed by atoms with van der Waals surface area (Å²) < 4.78 is 5.26. The van der Waals surface area contributed by atoms with Crippen LogP contribution in [0.3, 0.4) is 0 Å². The van der Waals surface area contributed by atoms with E-state index in [1.807, 2.05) is 12.1 Å². The summed E-state index contributed by atoms with van der Waals surface area (Å²) in [6.07, 6.45) is 2.64. The molecule has 0 radical (unpaired) electrons. The third-order valence-corrected chi connectivity index (χ3v) is 3.33. The lowest BCUT2D eigenvalue weighted by molar-refractivity contribution is 0.0891. The lowest BCUT2D eigenvalue weighted by Gasteiger charge is -2.28. The minimum Gasteiger partial charge on any atom is -0.399 e. The summed E-state index contributed by atoms with van der Waals surface area (Å²) in [5.74, 6) is 0. The molecule has 1 saturated carbocycles. The lowest BCUT2D eigenvalue weighted by atomic mass is 10.1. The molecule has 1 aromatic carbocycles. The Bertz CT molecular complexity index is 346. The topological polar surface area (TPSA) is 38.5 Å². The molecular formula is C14H22N2O. The molecule has 0 saturated heterocycles. The molecule has 2 N–H and O–H groups in total. The first-order valence-electron chi connectivity index (χ1n) is 6.30. The Morgan fingerprint density at radius 2 is 2.00 bits per heavy atom. The average molecular weight is 234 g/mol. The van der Waals surface area contributed by atoms with E-state index in [9.17, 15) is 0 Å². The highest BCUT2D eigenvalue weighted by atomic mass is 16.5. The fourth-order valence-corrected chi connectivity index (χ4v) is 2.22. The smallest absolute Gasteiger partial charge is 0.0615 e. The summed E-state index contributed by atoms with van der Waals surface area (Å²) in [5.41, 5.74) is 7.86. The van der Waals surface area contributed by atoms with Gasteiger partial charge in [-0.3, -0.25) is 4.90 Å². The summed E-state index contributed by atoms with van der Waals surface area (Å²) >= 11 is 0. The summed E-state index contributed by atoms with van der Waals surface area (Å²) in [6, 6.07) is 9.40. The SMILES string of the molecule is COCC(C)N(Cc1ccc(N)cc1)C1CC1. The summed E-state index contributed by atoms with van der Waals surface area (Å²) in [4.78, 5) is 2.54. The highest BCUT2D eigenvalue weighted by molar-refractivity contribution is 5.39. The fraction of sp³-hybridized carbons (Fsp3) is 0.571. The average Bonchev–Trinajstić information content (AvgIpc) is 3.12. The first kappa shape index (κ1) is 12.4. The van der Waals surface area contributed by atoms with Crippen LogP contribution in [0, 0.1) is 0 Å². The van der Waals surface area contributed by atoms with Gasteiger partial charge in [0.1, 0.15) is 0 Å². The van der Waals surface area contributed by atoms with Crippen molar-refractivity contribution in [2.45, 2.75) is 38.4 Å². The van der Waals surface area contributed by atoms with Crippen molar-refractivity contribution in [3.63, 3.8) is 0 Å². The van der Waals surface area contributed by atoms with Gasteiger partial charge in [0.15, 0.2) is 0 Å². The largest absolute Gasteiger partial charge is 0.399 e. The molecule has 1 aliphatic rings. The Balaban J connectivity index is 1.99. The molecule has 3 nitrogen and oxygen atoms in total. The van der Waals surface area contributed by atoms with Gasteiger partial charge >= 0.3 is 0 Å². The van der Waals surface area contributed by atoms with Crippen molar-refractivity contribution < 1.29 is 4.74 Å². The maximum atomic E-state index is 5.70. The third kappa shape index (κ3) is 3.45. The van der Waals surface area contributed by atoms with E-state index in [2.05, 4.69) is 24.0 Å². The van der Waals surface area contributed by atoms with Crippen LogP contribution in [0.25, 0.3) is 0 Å². The molecule has 0 heterocycles. The molecule has 1 fully saturated rings. The number of nitrogen functional groups attached to an aromatic ring is 1. The summed E-state index contributed by atoms with van der Waals surface area (Å²) in [7, 11) is 1.77. The number of anilines is 1. The van der Waals surface area contributed by atoms with Crippen molar-refractivity contribution in [3.05, 3.63) is 29.8 Å². The van der Waals surface area contributed by atoms with Gasteiger partial charge < -0.3 is 10.5 Å². The Morgan fingerprint density at radius 3 is 2.53 bits per heavy atom. The number of ether oxygens (including phenoxy) is 1. The van der Waals surface area contributed by atoms with E-state index < -0.39 is 0 Å². The monoisotopic (exact) mass is 234 g/mol. The second-order valence-electron chi connectivity index (χ2n) is 4.95. The van der Waals surface area contributed by atoms with Gasteiger partial charge in [-0.25, -0.2) is 0 Å². The van der Waals surface area contributed by atoms with Gasteiger partial charge in [-0.1, -0.05) is 12.1 Å². The van der Waals surface area contributed by atoms with E-state index >= 15 is 0 Å². The van der Waals surface area contributed by atoms with Crippen LogP contribution in [0.4, 0.5) is 5.69 Å². The van der Waals surface area contributed by atoms with Crippen molar-refractivity contribution in [2.75, 3.05) is 19.5 Å². The molecule has 94 valence electrons. The molecule has 0 amide bonds. The predicted octanol–water partition coefficient (Wildman–Crippen LogP) is 2.27. The molecule has 2 rings (SSSR count). The number of nitrogens with two attached hydrogens (primary N) is 1. The van der Waals surface area contributed by atoms with E-state index in [0.717, 1.165) is 24.9 Å². The zero-order valence-corrected chi connectivity index (χ0v) is 10.7. The van der Waals surface area contributed by atoms with Gasteiger partial charge in [0.25, 0.3) is 0 Å². The zero-order chi connectivity index (χ0) is 12.3. The number of benzene rings is 1. The van der Waals surface area contributed by atoms with Crippen molar-refractivity contribution in [1.29, 1.82) is 0 Å². The minimum absolute atomic E-state index is 0.477. The van der Waals surface area contributed by atoms with Crippen molar-refractivity contribution in [2.24, 2.45) is 0 Å². The van der Waals surface area contributed by atoms with Crippen LogP contribution in [0.2, 0.25) is 0 Å². The van der Waals surface area contributed by atoms with E-state index in [1.165, 1.54) is 18.4 Å². The lowest BCUT2D eigenvalue weighted by Crippen LogP contribution is -2.37. The standard InChI is InChI=1S/C14H22N2O/c1-11(10-17-2)16(14-7-8-14)9-12-3-5-13(15)6-4-12/h3-6,11,14H,7-10,15H2,1-2H3. The predicted molar refractivity (Wildman–Crippen MR) is 70.8 cm³/mol. The quantitative estimate of drug-likeness (QED) is 0.767. The van der Waals surface area contributed by atoms with Crippen LogP contribution < -0.4 is 5.73 Å². The van der Waals surface area contributed by atoms with Crippen LogP contribution in [-0.2, 0) is 11.3 Å². The maximum absolute atomic E-state index is 5.70. The van der Waals surface area contributed by atoms with Crippen LogP contribution in [0.1, 0.15) is 25.3 Å². The second-order valence-corrected chi connectivity index (χ2v) is 4.95. The normalized spacial score (nSPS) is 17.4. The molecule has 1 aliphatic carbocycles. The van der Waals surface area contributed by atoms with Gasteiger partial charge in [0, 0.05) is 31.4 Å². The van der Waals surface area contributed by atoms with Crippen molar-refractivity contribution in [1.82, 2.24) is 4.90 Å². The van der Waals surface area contributed by atoms with Gasteiger partial charge in [-0.2, -0.15) is 0 Å². The number of methoxy groups -OCH3 is 1. The number of nitrogens with zero attached hydrogens (tertiary/aromatic N) is 1. The van der Waals surface area contributed by atoms with E-state index in [1.54, 1.807) is 7.11 Å². The van der Waals surface area contributed by atoms with Crippen molar-refractivity contribution in [3.8, 4) is 0 Å². The highest BCUT2D eigenvalue weighted by Crippen LogP contribution is 2.30. The minimum atomic E-state index is 0.477. The third-order valence-electron chi connectivity index (χ3n) is 3.33. The Labute approximate surface area is 104 Å². The second kappa shape index (κ2) is 5.52. The van der Waals surface area contributed by atoms with Crippen molar-refractivity contribution >= 4 is 5.69 Å². The first-order valence-corrected chi connectivity index (χ1v) is 6.30. The van der Waals surface area contributed by atoms with E-state index in [0.29, 0.717) is 6.04 Å². The molecule has 1 aromatic rings. The van der Waals surface area contributed by atoms with Gasteiger partial charge in [0.2, 0.25) is 0 Å². The van der Waals surface area contributed by atoms with Crippen LogP contribution in [0.5, 0.6) is 0 Å². The molecule has 0 spiro atoms. The van der Waals surface area contributed by atoms with Gasteiger partial charge in [0.05, 0.1) is 6.61 Å². The Hall–Kier alpha value is -1.06. The van der Waals surface area contributed by atoms with Gasteiger partial charge in [-0.15, -0.1) is 0 Å². The fourth-order valence-electron chi connectivity index (χ4n) is 2.22. The summed E-state index contributed by atoms with van der Waals surface area (Å²) in [6.45, 7) is 4.03. The number of hydrogen-bond acceptors (Lipinski definition) is 3. The maximum Gasteiger partial charge on any atom is 0.0615 e. The van der Waals surface area contributed by atoms with Crippen LogP contribution in [-0.4, -0.2) is 30.7 Å². The highest BCUT2D eigenvalue weighted by Gasteiger charge is 2.31. The summed E-state index contributed by atoms with van der Waals surface area (Å²) in [5, 5.41) is 0. The van der Waals surface area contributed by atoms with E-state index in [4.69, 9.17) is 10.5 Å². The van der Waals surface area contributed by atoms with E-state index in [-0.39, 0.29) is 0 Å². The molecule has 0 bridgehead atoms.